The number of rotatable bonds is 5. The minimum atomic E-state index is 0.709. The van der Waals surface area contributed by atoms with E-state index in [9.17, 15) is 0 Å². The van der Waals surface area contributed by atoms with Crippen LogP contribution in [0.1, 0.15) is 12.6 Å². The third-order valence-corrected chi connectivity index (χ3v) is 2.86. The molecule has 1 heterocycles. The second kappa shape index (κ2) is 5.78. The quantitative estimate of drug-likeness (QED) is 0.758. The van der Waals surface area contributed by atoms with Gasteiger partial charge in [0, 0.05) is 20.2 Å². The molecule has 0 saturated carbocycles. The summed E-state index contributed by atoms with van der Waals surface area (Å²) >= 11 is 0. The van der Waals surface area contributed by atoms with Gasteiger partial charge in [0.05, 0.1) is 23.3 Å². The molecule has 0 aliphatic rings. The molecule has 96 valence electrons. The average molecular weight is 245 g/mol. The molecule has 4 heteroatoms. The second-order valence-electron chi connectivity index (χ2n) is 4.24. The zero-order valence-electron chi connectivity index (χ0n) is 11.2. The number of aromatic nitrogens is 2. The summed E-state index contributed by atoms with van der Waals surface area (Å²) in [5.74, 6) is 0.924. The summed E-state index contributed by atoms with van der Waals surface area (Å²) in [6, 6.07) is 7.94. The fourth-order valence-electron chi connectivity index (χ4n) is 1.89. The van der Waals surface area contributed by atoms with E-state index in [0.717, 1.165) is 35.7 Å². The number of ether oxygens (including phenoxy) is 1. The number of likely N-dealkylation sites (N-methyl/N-ethyl adjacent to an activating group) is 1. The van der Waals surface area contributed by atoms with Gasteiger partial charge >= 0.3 is 0 Å². The van der Waals surface area contributed by atoms with Gasteiger partial charge < -0.3 is 9.64 Å². The number of nitrogens with zero attached hydrogens (tertiary/aromatic N) is 3. The molecule has 2 aromatic rings. The van der Waals surface area contributed by atoms with Gasteiger partial charge in [-0.05, 0) is 26.0 Å². The molecule has 1 aromatic heterocycles. The Balaban J connectivity index is 2.24. The zero-order valence-corrected chi connectivity index (χ0v) is 11.2. The maximum atomic E-state index is 5.36. The normalized spacial score (nSPS) is 10.8. The highest BCUT2D eigenvalue weighted by Gasteiger charge is 2.09. The fraction of sp³-hybridized carbons (Fsp3) is 0.429. The van der Waals surface area contributed by atoms with Gasteiger partial charge in [-0.15, -0.1) is 0 Å². The predicted octanol–water partition coefficient (Wildman–Crippen LogP) is 2.41. The summed E-state index contributed by atoms with van der Waals surface area (Å²) in [6.07, 6.45) is 0. The lowest BCUT2D eigenvalue weighted by molar-refractivity contribution is 0.154. The Morgan fingerprint density at radius 1 is 1.17 bits per heavy atom. The molecule has 1 aromatic carbocycles. The minimum absolute atomic E-state index is 0.709. The van der Waals surface area contributed by atoms with Crippen LogP contribution < -0.4 is 4.90 Å². The van der Waals surface area contributed by atoms with Crippen LogP contribution in [-0.2, 0) is 4.74 Å². The van der Waals surface area contributed by atoms with Crippen molar-refractivity contribution in [3.8, 4) is 0 Å². The topological polar surface area (TPSA) is 38.2 Å². The summed E-state index contributed by atoms with van der Waals surface area (Å²) < 4.78 is 5.36. The molecule has 18 heavy (non-hydrogen) atoms. The van der Waals surface area contributed by atoms with E-state index in [0.29, 0.717) is 6.61 Å². The van der Waals surface area contributed by atoms with E-state index in [1.54, 1.807) is 0 Å². The number of para-hydroxylation sites is 2. The van der Waals surface area contributed by atoms with Crippen LogP contribution in [0.3, 0.4) is 0 Å². The van der Waals surface area contributed by atoms with E-state index in [1.807, 2.05) is 45.2 Å². The van der Waals surface area contributed by atoms with Crippen LogP contribution in [0, 0.1) is 6.92 Å². The Labute approximate surface area is 108 Å². The van der Waals surface area contributed by atoms with Crippen LogP contribution in [-0.4, -0.2) is 36.8 Å². The van der Waals surface area contributed by atoms with Gasteiger partial charge in [-0.2, -0.15) is 0 Å². The van der Waals surface area contributed by atoms with Gasteiger partial charge in [0.1, 0.15) is 0 Å². The van der Waals surface area contributed by atoms with Crippen molar-refractivity contribution in [1.29, 1.82) is 0 Å². The van der Waals surface area contributed by atoms with Crippen molar-refractivity contribution in [2.75, 3.05) is 31.7 Å². The Hall–Kier alpha value is -1.68. The highest BCUT2D eigenvalue weighted by Crippen LogP contribution is 2.18. The fourth-order valence-corrected chi connectivity index (χ4v) is 1.89. The number of fused-ring (bicyclic) bond motifs is 1. The van der Waals surface area contributed by atoms with Crippen molar-refractivity contribution in [2.24, 2.45) is 0 Å². The van der Waals surface area contributed by atoms with Crippen LogP contribution in [0.25, 0.3) is 11.0 Å². The maximum Gasteiger partial charge on any atom is 0.150 e. The Kier molecular flexibility index (Phi) is 4.10. The molecule has 0 aliphatic carbocycles. The molecule has 0 radical (unpaired) electrons. The molecule has 0 spiro atoms. The van der Waals surface area contributed by atoms with Gasteiger partial charge in [0.2, 0.25) is 0 Å². The minimum Gasteiger partial charge on any atom is -0.380 e. The number of benzene rings is 1. The summed E-state index contributed by atoms with van der Waals surface area (Å²) in [5.41, 5.74) is 2.83. The van der Waals surface area contributed by atoms with Crippen LogP contribution in [0.15, 0.2) is 24.3 Å². The molecule has 2 rings (SSSR count). The van der Waals surface area contributed by atoms with Gasteiger partial charge in [-0.3, -0.25) is 0 Å². The summed E-state index contributed by atoms with van der Waals surface area (Å²) in [7, 11) is 2.02. The molecule has 0 aliphatic heterocycles. The molecule has 0 unspecified atom stereocenters. The van der Waals surface area contributed by atoms with E-state index in [1.165, 1.54) is 0 Å². The zero-order chi connectivity index (χ0) is 13.0. The van der Waals surface area contributed by atoms with Crippen molar-refractivity contribution >= 4 is 16.9 Å². The summed E-state index contributed by atoms with van der Waals surface area (Å²) in [4.78, 5) is 11.3. The average Bonchev–Trinajstić information content (AvgIpc) is 2.38. The van der Waals surface area contributed by atoms with Crippen molar-refractivity contribution < 1.29 is 4.74 Å². The highest BCUT2D eigenvalue weighted by atomic mass is 16.5. The van der Waals surface area contributed by atoms with Crippen LogP contribution in [0.4, 0.5) is 5.82 Å². The third kappa shape index (κ3) is 2.76. The lowest BCUT2D eigenvalue weighted by Gasteiger charge is -2.19. The maximum absolute atomic E-state index is 5.36. The SMILES string of the molecule is CCOCCN(C)c1nc2ccccc2nc1C. The molecule has 0 atom stereocenters. The summed E-state index contributed by atoms with van der Waals surface area (Å²) in [5, 5.41) is 0. The molecule has 0 bridgehead atoms. The second-order valence-corrected chi connectivity index (χ2v) is 4.24. The number of anilines is 1. The first-order valence-corrected chi connectivity index (χ1v) is 6.24. The van der Waals surface area contributed by atoms with Gasteiger partial charge in [-0.25, -0.2) is 9.97 Å². The number of aryl methyl sites for hydroxylation is 1. The molecular formula is C14H19N3O. The van der Waals surface area contributed by atoms with Crippen LogP contribution >= 0.6 is 0 Å². The first kappa shape index (κ1) is 12.8. The standard InChI is InChI=1S/C14H19N3O/c1-4-18-10-9-17(3)14-11(2)15-12-7-5-6-8-13(12)16-14/h5-8H,4,9-10H2,1-3H3. The molecule has 0 N–H and O–H groups in total. The van der Waals surface area contributed by atoms with E-state index < -0.39 is 0 Å². The van der Waals surface area contributed by atoms with E-state index in [2.05, 4.69) is 14.9 Å². The van der Waals surface area contributed by atoms with Crippen LogP contribution in [0.2, 0.25) is 0 Å². The van der Waals surface area contributed by atoms with Crippen molar-refractivity contribution in [3.63, 3.8) is 0 Å². The van der Waals surface area contributed by atoms with E-state index >= 15 is 0 Å². The molecular weight excluding hydrogens is 226 g/mol. The first-order chi connectivity index (χ1) is 8.72. The Morgan fingerprint density at radius 2 is 1.83 bits per heavy atom. The smallest absolute Gasteiger partial charge is 0.150 e. The third-order valence-electron chi connectivity index (χ3n) is 2.86. The Morgan fingerprint density at radius 3 is 2.50 bits per heavy atom. The molecule has 0 saturated heterocycles. The van der Waals surface area contributed by atoms with Gasteiger partial charge in [-0.1, -0.05) is 12.1 Å². The monoisotopic (exact) mass is 245 g/mol. The van der Waals surface area contributed by atoms with E-state index in [-0.39, 0.29) is 0 Å². The Bertz CT molecular complexity index is 527. The van der Waals surface area contributed by atoms with Gasteiger partial charge in [0.25, 0.3) is 0 Å². The lowest BCUT2D eigenvalue weighted by atomic mass is 10.3. The highest BCUT2D eigenvalue weighted by molar-refractivity contribution is 5.76. The molecule has 4 nitrogen and oxygen atoms in total. The van der Waals surface area contributed by atoms with Crippen molar-refractivity contribution in [1.82, 2.24) is 9.97 Å². The van der Waals surface area contributed by atoms with Crippen molar-refractivity contribution in [2.45, 2.75) is 13.8 Å². The van der Waals surface area contributed by atoms with Gasteiger partial charge in [0.15, 0.2) is 5.82 Å². The number of hydrogen-bond acceptors (Lipinski definition) is 4. The van der Waals surface area contributed by atoms with Crippen molar-refractivity contribution in [3.05, 3.63) is 30.0 Å². The molecule has 0 fully saturated rings. The first-order valence-electron chi connectivity index (χ1n) is 6.24. The summed E-state index contributed by atoms with van der Waals surface area (Å²) in [6.45, 7) is 6.27. The lowest BCUT2D eigenvalue weighted by Crippen LogP contribution is -2.24. The van der Waals surface area contributed by atoms with E-state index in [4.69, 9.17) is 4.74 Å². The number of hydrogen-bond donors (Lipinski definition) is 0. The van der Waals surface area contributed by atoms with Crippen LogP contribution in [0.5, 0.6) is 0 Å². The predicted molar refractivity (Wildman–Crippen MR) is 74.0 cm³/mol. The largest absolute Gasteiger partial charge is 0.380 e. The molecule has 0 amide bonds.